The van der Waals surface area contributed by atoms with Gasteiger partial charge in [0.15, 0.2) is 0 Å². The van der Waals surface area contributed by atoms with Crippen molar-refractivity contribution in [2.75, 3.05) is 33.5 Å². The highest BCUT2D eigenvalue weighted by Crippen LogP contribution is 2.75. The third-order valence-electron chi connectivity index (χ3n) is 14.3. The van der Waals surface area contributed by atoms with Crippen molar-refractivity contribution >= 4 is 5.97 Å². The average Bonchev–Trinajstić information content (AvgIpc) is 2.91. The number of hydrogen-bond acceptors (Lipinski definition) is 5. The normalized spacial score (nSPS) is 48.9. The summed E-state index contributed by atoms with van der Waals surface area (Å²) in [5.41, 5.74) is 6.68. The summed E-state index contributed by atoms with van der Waals surface area (Å²) in [5.74, 6) is 0.968. The molecular weight excluding hydrogens is 514 g/mol. The molecule has 0 aromatic heterocycles. The number of carbonyl (C=O) groups is 1. The van der Waals surface area contributed by atoms with Crippen LogP contribution in [0.25, 0.3) is 0 Å². The maximum atomic E-state index is 13.3. The number of nitrogens with two attached hydrogens (primary N) is 1. The van der Waals surface area contributed by atoms with E-state index in [2.05, 4.69) is 61.5 Å². The highest BCUT2D eigenvalue weighted by Gasteiger charge is 2.71. The summed E-state index contributed by atoms with van der Waals surface area (Å²) >= 11 is 0. The van der Waals surface area contributed by atoms with Crippen molar-refractivity contribution in [3.63, 3.8) is 0 Å². The van der Waals surface area contributed by atoms with Crippen molar-refractivity contribution < 1.29 is 24.1 Å². The molecule has 4 fully saturated rings. The second-order valence-corrected chi connectivity index (χ2v) is 16.4. The standard InChI is InChI=1S/C35H59NO5/c1-21(2)23(4)31(5)14-15-33(7)24-10-11-27-32(6)19-40-20-35(27,16-26(39-9)29(32)41-18-22(3)17-36)25(24)12-13-34(33,8)28(31)30(37)38/h12,21-24,26-29H,10-11,13-20,36H2,1-9H3,(H,37,38)/t22?,23-,24+,26-,27+,28-,29+,31-,32?,33-,34+,35+/m1/s1. The van der Waals surface area contributed by atoms with Crippen LogP contribution in [0.3, 0.4) is 0 Å². The Morgan fingerprint density at radius 2 is 1.80 bits per heavy atom. The van der Waals surface area contributed by atoms with Crippen LogP contribution in [0, 0.1) is 62.6 Å². The van der Waals surface area contributed by atoms with Crippen molar-refractivity contribution in [1.82, 2.24) is 0 Å². The molecule has 4 aliphatic carbocycles. The van der Waals surface area contributed by atoms with Crippen LogP contribution in [0.1, 0.15) is 93.9 Å². The predicted molar refractivity (Wildman–Crippen MR) is 162 cm³/mol. The van der Waals surface area contributed by atoms with Gasteiger partial charge in [-0.1, -0.05) is 67.0 Å². The smallest absolute Gasteiger partial charge is 0.307 e. The molecule has 0 aromatic rings. The fraction of sp³-hybridized carbons (Fsp3) is 0.914. The molecule has 6 nitrogen and oxygen atoms in total. The first kappa shape index (κ1) is 31.5. The van der Waals surface area contributed by atoms with Gasteiger partial charge in [-0.3, -0.25) is 4.79 Å². The van der Waals surface area contributed by atoms with Crippen molar-refractivity contribution in [3.05, 3.63) is 11.6 Å². The zero-order valence-corrected chi connectivity index (χ0v) is 27.4. The van der Waals surface area contributed by atoms with Gasteiger partial charge in [-0.25, -0.2) is 0 Å². The molecule has 2 bridgehead atoms. The number of rotatable bonds is 8. The summed E-state index contributed by atoms with van der Waals surface area (Å²) in [6.07, 6.45) is 8.52. The first-order valence-corrected chi connectivity index (χ1v) is 16.5. The largest absolute Gasteiger partial charge is 0.481 e. The van der Waals surface area contributed by atoms with Gasteiger partial charge in [-0.2, -0.15) is 0 Å². The third-order valence-corrected chi connectivity index (χ3v) is 14.3. The van der Waals surface area contributed by atoms with Gasteiger partial charge in [-0.05, 0) is 90.9 Å². The Morgan fingerprint density at radius 3 is 2.41 bits per heavy atom. The summed E-state index contributed by atoms with van der Waals surface area (Å²) < 4.78 is 19.5. The average molecular weight is 574 g/mol. The van der Waals surface area contributed by atoms with E-state index in [4.69, 9.17) is 19.9 Å². The molecule has 41 heavy (non-hydrogen) atoms. The van der Waals surface area contributed by atoms with Crippen molar-refractivity contribution in [2.24, 2.45) is 68.3 Å². The number of methoxy groups -OCH3 is 1. The molecule has 1 aliphatic heterocycles. The Morgan fingerprint density at radius 1 is 1.10 bits per heavy atom. The topological polar surface area (TPSA) is 91.0 Å². The first-order chi connectivity index (χ1) is 19.2. The van der Waals surface area contributed by atoms with E-state index < -0.39 is 5.97 Å². The fourth-order valence-electron chi connectivity index (χ4n) is 11.4. The minimum atomic E-state index is -0.602. The summed E-state index contributed by atoms with van der Waals surface area (Å²) in [6, 6.07) is 0. The molecule has 0 radical (unpaired) electrons. The van der Waals surface area contributed by atoms with Crippen LogP contribution in [-0.4, -0.2) is 56.8 Å². The van der Waals surface area contributed by atoms with Gasteiger partial charge in [0.1, 0.15) is 0 Å². The first-order valence-electron chi connectivity index (χ1n) is 16.5. The Kier molecular flexibility index (Phi) is 8.13. The molecule has 6 heteroatoms. The lowest BCUT2D eigenvalue weighted by atomic mass is 9.34. The molecule has 0 aromatic carbocycles. The molecule has 3 saturated carbocycles. The molecule has 1 heterocycles. The predicted octanol–water partition coefficient (Wildman–Crippen LogP) is 6.57. The fourth-order valence-corrected chi connectivity index (χ4v) is 11.4. The van der Waals surface area contributed by atoms with Gasteiger partial charge in [0.25, 0.3) is 0 Å². The SMILES string of the molecule is CO[C@@H]1C[C@@]23COCC(C)([C@H]1OCC(C)CN)[C@@H]2CC[C@H]1C3=CC[C@@]2(C)[C@H](C(=O)O)[C@@](C)([C@H](C)C(C)C)CC[C@]12C. The minimum absolute atomic E-state index is 0.000743. The molecule has 0 spiro atoms. The van der Waals surface area contributed by atoms with Crippen molar-refractivity contribution in [2.45, 2.75) is 106 Å². The van der Waals surface area contributed by atoms with Gasteiger partial charge in [0.05, 0.1) is 37.9 Å². The Balaban J connectivity index is 1.56. The van der Waals surface area contributed by atoms with Crippen LogP contribution in [-0.2, 0) is 19.0 Å². The molecule has 5 aliphatic rings. The van der Waals surface area contributed by atoms with Crippen molar-refractivity contribution in [1.29, 1.82) is 0 Å². The van der Waals surface area contributed by atoms with Crippen LogP contribution in [0.4, 0.5) is 0 Å². The van der Waals surface area contributed by atoms with Gasteiger partial charge in [0.2, 0.25) is 0 Å². The maximum Gasteiger partial charge on any atom is 0.307 e. The van der Waals surface area contributed by atoms with E-state index in [1.54, 1.807) is 5.57 Å². The van der Waals surface area contributed by atoms with Gasteiger partial charge in [-0.15, -0.1) is 0 Å². The quantitative estimate of drug-likeness (QED) is 0.319. The number of carboxylic acids is 1. The molecule has 1 saturated heterocycles. The lowest BCUT2D eigenvalue weighted by Gasteiger charge is -2.71. The van der Waals surface area contributed by atoms with Gasteiger partial charge >= 0.3 is 5.97 Å². The van der Waals surface area contributed by atoms with E-state index in [1.165, 1.54) is 0 Å². The Bertz CT molecular complexity index is 1040. The van der Waals surface area contributed by atoms with Crippen LogP contribution in [0.2, 0.25) is 0 Å². The Hall–Kier alpha value is -0.950. The minimum Gasteiger partial charge on any atom is -0.481 e. The molecule has 234 valence electrons. The van der Waals surface area contributed by atoms with Crippen LogP contribution < -0.4 is 5.73 Å². The molecule has 2 unspecified atom stereocenters. The number of carboxylic acid groups (broad SMARTS) is 1. The van der Waals surface area contributed by atoms with E-state index >= 15 is 0 Å². The molecule has 0 amide bonds. The molecule has 3 N–H and O–H groups in total. The summed E-state index contributed by atoms with van der Waals surface area (Å²) in [5, 5.41) is 10.9. The summed E-state index contributed by atoms with van der Waals surface area (Å²) in [4.78, 5) is 13.3. The molecule has 5 rings (SSSR count). The number of ether oxygens (including phenoxy) is 3. The van der Waals surface area contributed by atoms with E-state index in [0.717, 1.165) is 45.1 Å². The number of hydrogen-bond donors (Lipinski definition) is 2. The van der Waals surface area contributed by atoms with Crippen molar-refractivity contribution in [3.8, 4) is 0 Å². The third kappa shape index (κ3) is 4.27. The van der Waals surface area contributed by atoms with E-state index in [0.29, 0.717) is 49.3 Å². The maximum absolute atomic E-state index is 13.3. The zero-order valence-electron chi connectivity index (χ0n) is 27.4. The second-order valence-electron chi connectivity index (χ2n) is 16.4. The monoisotopic (exact) mass is 573 g/mol. The number of fused-ring (bicyclic) bond motifs is 3. The second kappa shape index (κ2) is 10.6. The van der Waals surface area contributed by atoms with E-state index in [-0.39, 0.29) is 45.2 Å². The van der Waals surface area contributed by atoms with Crippen LogP contribution in [0.15, 0.2) is 11.6 Å². The lowest BCUT2D eigenvalue weighted by Crippen LogP contribution is -2.70. The molecule has 12 atom stereocenters. The number of allylic oxidation sites excluding steroid dienone is 1. The summed E-state index contributed by atoms with van der Waals surface area (Å²) in [7, 11) is 1.84. The molecular formula is C35H59NO5. The zero-order chi connectivity index (χ0) is 30.2. The Labute approximate surface area is 249 Å². The van der Waals surface area contributed by atoms with E-state index in [1.807, 2.05) is 7.11 Å². The number of aliphatic carboxylic acids is 1. The van der Waals surface area contributed by atoms with Crippen LogP contribution >= 0.6 is 0 Å². The highest BCUT2D eigenvalue weighted by atomic mass is 16.5. The van der Waals surface area contributed by atoms with Crippen LogP contribution in [0.5, 0.6) is 0 Å². The summed E-state index contributed by atoms with van der Waals surface area (Å²) in [6.45, 7) is 21.1. The van der Waals surface area contributed by atoms with Gasteiger partial charge < -0.3 is 25.1 Å². The van der Waals surface area contributed by atoms with E-state index in [9.17, 15) is 9.90 Å². The highest BCUT2D eigenvalue weighted by molar-refractivity contribution is 5.73. The lowest BCUT2D eigenvalue weighted by molar-refractivity contribution is -0.268. The van der Waals surface area contributed by atoms with Gasteiger partial charge in [0, 0.05) is 17.9 Å².